The lowest BCUT2D eigenvalue weighted by molar-refractivity contribution is -0.140. The number of sulfonamides is 1. The van der Waals surface area contributed by atoms with Gasteiger partial charge in [-0.1, -0.05) is 54.7 Å². The second-order valence-electron chi connectivity index (χ2n) is 8.95. The van der Waals surface area contributed by atoms with Gasteiger partial charge in [0.15, 0.2) is 0 Å². The summed E-state index contributed by atoms with van der Waals surface area (Å²) in [5.41, 5.74) is -1.17. The van der Waals surface area contributed by atoms with Crippen LogP contribution in [0, 0.1) is 0 Å². The highest BCUT2D eigenvalue weighted by Crippen LogP contribution is 2.36. The third-order valence-electron chi connectivity index (χ3n) is 5.95. The highest BCUT2D eigenvalue weighted by Gasteiger charge is 2.35. The van der Waals surface area contributed by atoms with E-state index < -0.39 is 51.9 Å². The molecule has 0 saturated carbocycles. The summed E-state index contributed by atoms with van der Waals surface area (Å²) in [5, 5.41) is 2.97. The van der Waals surface area contributed by atoms with E-state index in [4.69, 9.17) is 34.8 Å². The fourth-order valence-corrected chi connectivity index (χ4v) is 5.11. The van der Waals surface area contributed by atoms with Gasteiger partial charge in [-0.15, -0.1) is 0 Å². The van der Waals surface area contributed by atoms with Crippen molar-refractivity contribution in [2.24, 2.45) is 0 Å². The van der Waals surface area contributed by atoms with Crippen molar-refractivity contribution in [3.8, 4) is 0 Å². The Bertz CT molecular complexity index is 1310. The first-order valence-corrected chi connectivity index (χ1v) is 14.9. The van der Waals surface area contributed by atoms with Crippen LogP contribution < -0.4 is 9.62 Å². The Morgan fingerprint density at radius 3 is 2.10 bits per heavy atom. The number of carbonyl (C=O) groups excluding carboxylic acids is 2. The first-order valence-electron chi connectivity index (χ1n) is 11.9. The molecule has 0 spiro atoms. The monoisotopic (exact) mass is 629 g/mol. The average Bonchev–Trinajstić information content (AvgIpc) is 2.83. The van der Waals surface area contributed by atoms with Gasteiger partial charge in [-0.3, -0.25) is 13.9 Å². The van der Waals surface area contributed by atoms with E-state index >= 15 is 0 Å². The van der Waals surface area contributed by atoms with Crippen LogP contribution in [0.25, 0.3) is 0 Å². The molecule has 0 radical (unpaired) electrons. The predicted molar refractivity (Wildman–Crippen MR) is 148 cm³/mol. The summed E-state index contributed by atoms with van der Waals surface area (Å²) >= 11 is 18.2. The molecule has 0 aliphatic heterocycles. The van der Waals surface area contributed by atoms with Gasteiger partial charge in [-0.25, -0.2) is 8.42 Å². The molecule has 2 aromatic rings. The zero-order chi connectivity index (χ0) is 29.7. The number of nitrogens with one attached hydrogen (secondary N) is 1. The van der Waals surface area contributed by atoms with Crippen LogP contribution >= 0.6 is 34.8 Å². The van der Waals surface area contributed by atoms with E-state index in [-0.39, 0.29) is 34.1 Å². The minimum Gasteiger partial charge on any atom is -0.352 e. The molecule has 0 saturated heterocycles. The molecule has 0 aliphatic rings. The molecule has 39 heavy (non-hydrogen) atoms. The number of amides is 2. The number of hydrogen-bond donors (Lipinski definition) is 1. The van der Waals surface area contributed by atoms with Crippen molar-refractivity contribution in [3.63, 3.8) is 0 Å². The molecule has 2 atom stereocenters. The summed E-state index contributed by atoms with van der Waals surface area (Å²) in [4.78, 5) is 28.0. The van der Waals surface area contributed by atoms with E-state index in [1.807, 2.05) is 6.92 Å². The second-order valence-corrected chi connectivity index (χ2v) is 12.1. The van der Waals surface area contributed by atoms with E-state index in [1.54, 1.807) is 19.9 Å². The summed E-state index contributed by atoms with van der Waals surface area (Å²) in [5.74, 6) is -1.31. The summed E-state index contributed by atoms with van der Waals surface area (Å²) in [6, 6.07) is 5.54. The van der Waals surface area contributed by atoms with Crippen molar-refractivity contribution in [2.45, 2.75) is 58.4 Å². The molecule has 0 aliphatic carbocycles. The van der Waals surface area contributed by atoms with E-state index in [0.717, 1.165) is 17.2 Å². The van der Waals surface area contributed by atoms with Crippen LogP contribution in [0.15, 0.2) is 36.4 Å². The number of rotatable bonds is 11. The minimum absolute atomic E-state index is 0.157. The van der Waals surface area contributed by atoms with Gasteiger partial charge < -0.3 is 10.2 Å². The second kappa shape index (κ2) is 13.4. The van der Waals surface area contributed by atoms with Crippen LogP contribution in [0.5, 0.6) is 0 Å². The van der Waals surface area contributed by atoms with Crippen molar-refractivity contribution in [2.75, 3.05) is 17.1 Å². The fourth-order valence-electron chi connectivity index (χ4n) is 3.67. The van der Waals surface area contributed by atoms with Crippen LogP contribution in [-0.4, -0.2) is 50.0 Å². The molecular formula is C25H29Cl3F3N3O4S. The van der Waals surface area contributed by atoms with Gasteiger partial charge in [-0.2, -0.15) is 13.2 Å². The predicted octanol–water partition coefficient (Wildman–Crippen LogP) is 6.15. The Hall–Kier alpha value is -2.21. The van der Waals surface area contributed by atoms with Crippen LogP contribution in [0.2, 0.25) is 15.1 Å². The van der Waals surface area contributed by atoms with Crippen LogP contribution in [0.1, 0.15) is 44.7 Å². The molecule has 0 fully saturated rings. The fraction of sp³-hybridized carbons (Fsp3) is 0.440. The molecule has 216 valence electrons. The molecule has 7 nitrogen and oxygen atoms in total. The number of benzene rings is 2. The number of anilines is 1. The lowest BCUT2D eigenvalue weighted by Gasteiger charge is -2.33. The van der Waals surface area contributed by atoms with E-state index in [9.17, 15) is 31.2 Å². The summed E-state index contributed by atoms with van der Waals surface area (Å²) < 4.78 is 66.0. The maximum Gasteiger partial charge on any atom is 0.416 e. The van der Waals surface area contributed by atoms with Gasteiger partial charge in [0.2, 0.25) is 21.8 Å². The van der Waals surface area contributed by atoms with Gasteiger partial charge >= 0.3 is 6.18 Å². The average molecular weight is 631 g/mol. The van der Waals surface area contributed by atoms with Gasteiger partial charge in [0.25, 0.3) is 0 Å². The molecule has 2 rings (SSSR count). The summed E-state index contributed by atoms with van der Waals surface area (Å²) in [6.07, 6.45) is -3.25. The molecule has 2 aromatic carbocycles. The number of nitrogens with zero attached hydrogens (tertiary/aromatic N) is 2. The Morgan fingerprint density at radius 1 is 0.974 bits per heavy atom. The van der Waals surface area contributed by atoms with Crippen LogP contribution in [-0.2, 0) is 32.3 Å². The summed E-state index contributed by atoms with van der Waals surface area (Å²) in [6.45, 7) is 4.27. The highest BCUT2D eigenvalue weighted by atomic mass is 35.5. The first-order chi connectivity index (χ1) is 18.0. The van der Waals surface area contributed by atoms with E-state index in [2.05, 4.69) is 5.32 Å². The number of alkyl halides is 3. The third-order valence-corrected chi connectivity index (χ3v) is 8.13. The Labute approximate surface area is 241 Å². The van der Waals surface area contributed by atoms with E-state index in [0.29, 0.717) is 28.4 Å². The third kappa shape index (κ3) is 8.89. The first kappa shape index (κ1) is 33.0. The normalized spacial score (nSPS) is 13.5. The van der Waals surface area contributed by atoms with Gasteiger partial charge in [-0.05, 0) is 55.7 Å². The standard InChI is InChI=1S/C25H29Cl3F3N3O4S/c1-5-15(3)32-24(36)21(6-2)33(13-16-7-9-18(26)20(28)11-16)23(35)14-34(39(4,37)38)22-12-17(25(29,30)31)8-10-19(22)27/h7-12,15,21H,5-6,13-14H2,1-4H3,(H,32,36). The molecule has 14 heteroatoms. The Morgan fingerprint density at radius 2 is 1.59 bits per heavy atom. The van der Waals surface area contributed by atoms with Crippen LogP contribution in [0.3, 0.4) is 0 Å². The largest absolute Gasteiger partial charge is 0.416 e. The highest BCUT2D eigenvalue weighted by molar-refractivity contribution is 7.92. The van der Waals surface area contributed by atoms with Crippen molar-refractivity contribution in [1.82, 2.24) is 10.2 Å². The molecule has 1 N–H and O–H groups in total. The van der Waals surface area contributed by atoms with Gasteiger partial charge in [0.1, 0.15) is 12.6 Å². The van der Waals surface area contributed by atoms with Crippen molar-refractivity contribution in [1.29, 1.82) is 0 Å². The van der Waals surface area contributed by atoms with Crippen LogP contribution in [0.4, 0.5) is 18.9 Å². The van der Waals surface area contributed by atoms with Gasteiger partial charge in [0, 0.05) is 12.6 Å². The topological polar surface area (TPSA) is 86.8 Å². The molecule has 0 heterocycles. The van der Waals surface area contributed by atoms with E-state index in [1.165, 1.54) is 12.1 Å². The number of halogens is 6. The number of carbonyl (C=O) groups is 2. The molecule has 2 amide bonds. The lowest BCUT2D eigenvalue weighted by atomic mass is 10.1. The van der Waals surface area contributed by atoms with Crippen molar-refractivity contribution in [3.05, 3.63) is 62.6 Å². The quantitative estimate of drug-likeness (QED) is 0.323. The van der Waals surface area contributed by atoms with Gasteiger partial charge in [0.05, 0.1) is 32.6 Å². The van der Waals surface area contributed by atoms with Crippen molar-refractivity contribution < 1.29 is 31.2 Å². The smallest absolute Gasteiger partial charge is 0.352 e. The molecule has 0 aromatic heterocycles. The molecule has 0 bridgehead atoms. The van der Waals surface area contributed by atoms with Crippen molar-refractivity contribution >= 4 is 62.3 Å². The maximum atomic E-state index is 13.7. The summed E-state index contributed by atoms with van der Waals surface area (Å²) in [7, 11) is -4.30. The number of hydrogen-bond acceptors (Lipinski definition) is 4. The maximum absolute atomic E-state index is 13.7. The lowest BCUT2D eigenvalue weighted by Crippen LogP contribution is -2.53. The Balaban J connectivity index is 2.57. The SMILES string of the molecule is CCC(C)NC(=O)C(CC)N(Cc1ccc(Cl)c(Cl)c1)C(=O)CN(c1cc(C(F)(F)F)ccc1Cl)S(C)(=O)=O. The molecule has 2 unspecified atom stereocenters. The minimum atomic E-state index is -4.78. The molecular weight excluding hydrogens is 602 g/mol. The zero-order valence-corrected chi connectivity index (χ0v) is 24.7. The Kier molecular flexibility index (Phi) is 11.4. The zero-order valence-electron chi connectivity index (χ0n) is 21.7.